The molecule has 0 radical (unpaired) electrons. The number of amides is 1. The Balaban J connectivity index is 1.52. The third-order valence-corrected chi connectivity index (χ3v) is 5.16. The molecule has 0 saturated heterocycles. The number of hydrogen-bond donors (Lipinski definition) is 1. The van der Waals surface area contributed by atoms with Crippen LogP contribution in [0, 0.1) is 19.7 Å². The Labute approximate surface area is 172 Å². The molecule has 7 heteroatoms. The van der Waals surface area contributed by atoms with E-state index in [0.717, 1.165) is 16.8 Å². The van der Waals surface area contributed by atoms with E-state index in [2.05, 4.69) is 10.4 Å². The highest BCUT2D eigenvalue weighted by atomic mass is 19.1. The molecule has 0 spiro atoms. The number of carbonyl (C=O) groups excluding carboxylic acids is 1. The van der Waals surface area contributed by atoms with Crippen LogP contribution in [0.15, 0.2) is 65.7 Å². The van der Waals surface area contributed by atoms with E-state index in [4.69, 9.17) is 0 Å². The number of aromatic nitrogens is 3. The molecule has 4 rings (SSSR count). The van der Waals surface area contributed by atoms with E-state index < -0.39 is 11.7 Å². The summed E-state index contributed by atoms with van der Waals surface area (Å²) in [5, 5.41) is 7.15. The van der Waals surface area contributed by atoms with E-state index >= 15 is 0 Å². The zero-order chi connectivity index (χ0) is 21.3. The Bertz CT molecular complexity index is 1310. The molecule has 0 unspecified atom stereocenters. The van der Waals surface area contributed by atoms with Crippen molar-refractivity contribution in [1.29, 1.82) is 0 Å². The highest BCUT2D eigenvalue weighted by Gasteiger charge is 2.12. The molecule has 1 N–H and O–H groups in total. The van der Waals surface area contributed by atoms with Crippen molar-refractivity contribution in [2.45, 2.75) is 20.4 Å². The summed E-state index contributed by atoms with van der Waals surface area (Å²) in [6, 6.07) is 13.6. The van der Waals surface area contributed by atoms with Crippen molar-refractivity contribution < 1.29 is 9.18 Å². The molecule has 0 fully saturated rings. The number of aryl methyl sites for hydroxylation is 2. The Morgan fingerprint density at radius 1 is 1.07 bits per heavy atom. The lowest BCUT2D eigenvalue weighted by molar-refractivity contribution is 0.0948. The van der Waals surface area contributed by atoms with E-state index in [0.29, 0.717) is 5.52 Å². The molecule has 152 valence electrons. The molecule has 0 atom stereocenters. The maximum absolute atomic E-state index is 13.7. The fraction of sp³-hybridized carbons (Fsp3) is 0.174. The SMILES string of the molecule is Cc1ccc(-c2cc3c(=O)n(CCNC(=O)c4ccccc4F)ccn3n2)cc1C. The first-order valence-corrected chi connectivity index (χ1v) is 9.63. The van der Waals surface area contributed by atoms with Gasteiger partial charge in [0, 0.05) is 31.0 Å². The van der Waals surface area contributed by atoms with Crippen molar-refractivity contribution in [3.63, 3.8) is 0 Å². The Morgan fingerprint density at radius 2 is 1.87 bits per heavy atom. The molecule has 2 aromatic carbocycles. The molecule has 1 amide bonds. The largest absolute Gasteiger partial charge is 0.350 e. The zero-order valence-electron chi connectivity index (χ0n) is 16.7. The van der Waals surface area contributed by atoms with Crippen molar-refractivity contribution in [2.75, 3.05) is 6.54 Å². The predicted octanol–water partition coefficient (Wildman–Crippen LogP) is 3.35. The maximum atomic E-state index is 13.7. The fourth-order valence-corrected chi connectivity index (χ4v) is 3.27. The molecule has 0 bridgehead atoms. The highest BCUT2D eigenvalue weighted by Crippen LogP contribution is 2.21. The average Bonchev–Trinajstić information content (AvgIpc) is 3.17. The second-order valence-corrected chi connectivity index (χ2v) is 7.19. The van der Waals surface area contributed by atoms with Gasteiger partial charge in [-0.15, -0.1) is 0 Å². The molecular weight excluding hydrogens is 383 g/mol. The van der Waals surface area contributed by atoms with Crippen LogP contribution < -0.4 is 10.9 Å². The number of fused-ring (bicyclic) bond motifs is 1. The quantitative estimate of drug-likeness (QED) is 0.555. The lowest BCUT2D eigenvalue weighted by Gasteiger charge is -2.08. The molecule has 4 aromatic rings. The van der Waals surface area contributed by atoms with Gasteiger partial charge in [0.05, 0.1) is 11.3 Å². The van der Waals surface area contributed by atoms with Crippen molar-refractivity contribution in [3.8, 4) is 11.3 Å². The summed E-state index contributed by atoms with van der Waals surface area (Å²) >= 11 is 0. The van der Waals surface area contributed by atoms with Crippen LogP contribution in [-0.2, 0) is 6.54 Å². The maximum Gasteiger partial charge on any atom is 0.276 e. The number of carbonyl (C=O) groups is 1. The van der Waals surface area contributed by atoms with Gasteiger partial charge in [0.25, 0.3) is 11.5 Å². The first-order valence-electron chi connectivity index (χ1n) is 9.63. The van der Waals surface area contributed by atoms with Gasteiger partial charge in [-0.2, -0.15) is 5.10 Å². The van der Waals surface area contributed by atoms with Crippen LogP contribution in [0.4, 0.5) is 4.39 Å². The average molecular weight is 404 g/mol. The summed E-state index contributed by atoms with van der Waals surface area (Å²) in [5.41, 5.74) is 4.25. The summed E-state index contributed by atoms with van der Waals surface area (Å²) in [6.07, 6.45) is 3.34. The number of hydrogen-bond acceptors (Lipinski definition) is 3. The van der Waals surface area contributed by atoms with Crippen LogP contribution in [0.2, 0.25) is 0 Å². The van der Waals surface area contributed by atoms with Crippen LogP contribution >= 0.6 is 0 Å². The van der Waals surface area contributed by atoms with Gasteiger partial charge in [-0.25, -0.2) is 8.91 Å². The fourth-order valence-electron chi connectivity index (χ4n) is 3.27. The minimum Gasteiger partial charge on any atom is -0.350 e. The Hall–Kier alpha value is -3.74. The van der Waals surface area contributed by atoms with Gasteiger partial charge in [0.1, 0.15) is 11.3 Å². The number of nitrogens with one attached hydrogen (secondary N) is 1. The summed E-state index contributed by atoms with van der Waals surface area (Å²) < 4.78 is 16.8. The Kier molecular flexibility index (Phi) is 5.18. The minimum atomic E-state index is -0.577. The molecule has 0 saturated carbocycles. The predicted molar refractivity (Wildman–Crippen MR) is 113 cm³/mol. The summed E-state index contributed by atoms with van der Waals surface area (Å²) in [6.45, 7) is 4.55. The van der Waals surface area contributed by atoms with Gasteiger partial charge in [-0.3, -0.25) is 9.59 Å². The zero-order valence-corrected chi connectivity index (χ0v) is 16.7. The summed E-state index contributed by atoms with van der Waals surface area (Å²) in [4.78, 5) is 24.9. The van der Waals surface area contributed by atoms with Gasteiger partial charge in [0.2, 0.25) is 0 Å². The lowest BCUT2D eigenvalue weighted by Crippen LogP contribution is -2.31. The van der Waals surface area contributed by atoms with Crippen LogP contribution in [-0.4, -0.2) is 26.6 Å². The number of nitrogens with zero attached hydrogens (tertiary/aromatic N) is 3. The first kappa shape index (κ1) is 19.6. The van der Waals surface area contributed by atoms with Crippen LogP contribution in [0.25, 0.3) is 16.8 Å². The van der Waals surface area contributed by atoms with E-state index in [1.165, 1.54) is 28.3 Å². The van der Waals surface area contributed by atoms with Gasteiger partial charge >= 0.3 is 0 Å². The van der Waals surface area contributed by atoms with E-state index in [1.807, 2.05) is 32.0 Å². The number of rotatable bonds is 5. The molecular formula is C23H21FN4O2. The van der Waals surface area contributed by atoms with Crippen molar-refractivity contribution in [1.82, 2.24) is 19.5 Å². The van der Waals surface area contributed by atoms with Crippen molar-refractivity contribution in [2.24, 2.45) is 0 Å². The monoisotopic (exact) mass is 404 g/mol. The Morgan fingerprint density at radius 3 is 2.63 bits per heavy atom. The van der Waals surface area contributed by atoms with Gasteiger partial charge < -0.3 is 9.88 Å². The first-order chi connectivity index (χ1) is 14.4. The van der Waals surface area contributed by atoms with Gasteiger partial charge in [-0.05, 0) is 49.2 Å². The van der Waals surface area contributed by atoms with Crippen molar-refractivity contribution >= 4 is 11.4 Å². The van der Waals surface area contributed by atoms with Gasteiger partial charge in [0.15, 0.2) is 0 Å². The molecule has 2 heterocycles. The number of benzene rings is 2. The second kappa shape index (κ2) is 7.94. The third kappa shape index (κ3) is 3.74. The second-order valence-electron chi connectivity index (χ2n) is 7.19. The molecule has 30 heavy (non-hydrogen) atoms. The van der Waals surface area contributed by atoms with E-state index in [1.54, 1.807) is 29.0 Å². The minimum absolute atomic E-state index is 0.0193. The topological polar surface area (TPSA) is 68.4 Å². The molecule has 0 aliphatic rings. The smallest absolute Gasteiger partial charge is 0.276 e. The number of halogens is 1. The summed E-state index contributed by atoms with van der Waals surface area (Å²) in [7, 11) is 0. The van der Waals surface area contributed by atoms with Crippen LogP contribution in [0.5, 0.6) is 0 Å². The lowest BCUT2D eigenvalue weighted by atomic mass is 10.0. The van der Waals surface area contributed by atoms with Crippen molar-refractivity contribution in [3.05, 3.63) is 93.8 Å². The molecule has 0 aliphatic heterocycles. The standard InChI is InChI=1S/C23H21FN4O2/c1-15-7-8-17(13-16(15)2)20-14-21-23(30)27(11-12-28(21)26-20)10-9-25-22(29)18-5-3-4-6-19(18)24/h3-8,11-14H,9-10H2,1-2H3,(H,25,29). The van der Waals surface area contributed by atoms with E-state index in [-0.39, 0.29) is 24.2 Å². The van der Waals surface area contributed by atoms with Gasteiger partial charge in [-0.1, -0.05) is 24.3 Å². The molecule has 0 aliphatic carbocycles. The third-order valence-electron chi connectivity index (χ3n) is 5.16. The summed E-state index contributed by atoms with van der Waals surface area (Å²) in [5.74, 6) is -1.09. The highest BCUT2D eigenvalue weighted by molar-refractivity contribution is 5.94. The normalized spacial score (nSPS) is 11.0. The molecule has 6 nitrogen and oxygen atoms in total. The van der Waals surface area contributed by atoms with Crippen LogP contribution in [0.3, 0.4) is 0 Å². The van der Waals surface area contributed by atoms with E-state index in [9.17, 15) is 14.0 Å². The van der Waals surface area contributed by atoms with Crippen LogP contribution in [0.1, 0.15) is 21.5 Å². The molecule has 2 aromatic heterocycles.